The Morgan fingerprint density at radius 3 is 1.18 bits per heavy atom. The molecule has 11 heteroatoms. The first-order valence-electron chi connectivity index (χ1n) is 13.4. The lowest BCUT2D eigenvalue weighted by atomic mass is 10.1. The predicted molar refractivity (Wildman–Crippen MR) is 166 cm³/mol. The van der Waals surface area contributed by atoms with E-state index in [1.54, 1.807) is 50.4 Å². The third-order valence-electron chi connectivity index (χ3n) is 5.35. The van der Waals surface area contributed by atoms with Gasteiger partial charge in [0.2, 0.25) is 0 Å². The second kappa shape index (κ2) is 18.3. The molecule has 0 aliphatic carbocycles. The van der Waals surface area contributed by atoms with Gasteiger partial charge in [-0.15, -0.1) is 0 Å². The molecular formula is C34H38O11. The average Bonchev–Trinajstić information content (AvgIpc) is 2.94. The standard InChI is InChI=1S/C12H14O3.2C11H12O4/c1-8-5-10(9(2)14-3)7-11(6-8)12(13)15-4;1-7-4-9(11(13)14-3)6-10(5-7)15-8(2)12;1-7-4-10(14-8(2)12)6-11(5-7)15-9(3)13/h5-7H,2H2,1,3-4H3;2*4-6H,1-3H3. The minimum absolute atomic E-state index is 0.350. The molecule has 0 aliphatic heterocycles. The van der Waals surface area contributed by atoms with Crippen molar-refractivity contribution in [3.63, 3.8) is 0 Å². The first-order chi connectivity index (χ1) is 21.1. The number of esters is 5. The number of ether oxygens (including phenoxy) is 6. The first kappa shape index (κ1) is 37.6. The van der Waals surface area contributed by atoms with Crippen LogP contribution in [0.1, 0.15) is 63.7 Å². The number of benzene rings is 3. The van der Waals surface area contributed by atoms with E-state index in [0.717, 1.165) is 22.3 Å². The van der Waals surface area contributed by atoms with Crippen LogP contribution in [0.5, 0.6) is 17.2 Å². The summed E-state index contributed by atoms with van der Waals surface area (Å²) in [5.74, 6) is -0.416. The maximum atomic E-state index is 11.3. The Bertz CT molecular complexity index is 1490. The zero-order valence-corrected chi connectivity index (χ0v) is 26.9. The number of hydrogen-bond acceptors (Lipinski definition) is 11. The highest BCUT2D eigenvalue weighted by Gasteiger charge is 2.10. The van der Waals surface area contributed by atoms with Crippen molar-refractivity contribution in [2.24, 2.45) is 0 Å². The Morgan fingerprint density at radius 2 is 0.800 bits per heavy atom. The third kappa shape index (κ3) is 14.0. The molecule has 0 spiro atoms. The fourth-order valence-electron chi connectivity index (χ4n) is 3.67. The summed E-state index contributed by atoms with van der Waals surface area (Å²) < 4.78 is 28.9. The molecule has 3 rings (SSSR count). The van der Waals surface area contributed by atoms with Crippen molar-refractivity contribution in [2.75, 3.05) is 21.3 Å². The largest absolute Gasteiger partial charge is 0.497 e. The van der Waals surface area contributed by atoms with Gasteiger partial charge in [0.1, 0.15) is 23.0 Å². The maximum absolute atomic E-state index is 11.3. The Labute approximate surface area is 262 Å². The number of carbonyl (C=O) groups excluding carboxylic acids is 5. The fraction of sp³-hybridized carbons (Fsp3) is 0.265. The van der Waals surface area contributed by atoms with Gasteiger partial charge in [-0.05, 0) is 86.0 Å². The summed E-state index contributed by atoms with van der Waals surface area (Å²) in [6, 6.07) is 15.0. The minimum Gasteiger partial charge on any atom is -0.497 e. The molecule has 0 saturated heterocycles. The van der Waals surface area contributed by atoms with E-state index in [1.165, 1.54) is 47.1 Å². The number of carbonyl (C=O) groups is 5. The summed E-state index contributed by atoms with van der Waals surface area (Å²) >= 11 is 0. The number of methoxy groups -OCH3 is 3. The molecule has 0 unspecified atom stereocenters. The van der Waals surface area contributed by atoms with Gasteiger partial charge in [0, 0.05) is 32.4 Å². The van der Waals surface area contributed by atoms with E-state index in [2.05, 4.69) is 16.1 Å². The van der Waals surface area contributed by atoms with Gasteiger partial charge in [0.15, 0.2) is 0 Å². The molecule has 0 amide bonds. The van der Waals surface area contributed by atoms with E-state index in [9.17, 15) is 24.0 Å². The van der Waals surface area contributed by atoms with Crippen LogP contribution >= 0.6 is 0 Å². The monoisotopic (exact) mass is 622 g/mol. The van der Waals surface area contributed by atoms with E-state index < -0.39 is 23.9 Å². The number of rotatable bonds is 7. The Morgan fingerprint density at radius 1 is 0.467 bits per heavy atom. The summed E-state index contributed by atoms with van der Waals surface area (Å²) in [6.45, 7) is 13.2. The van der Waals surface area contributed by atoms with E-state index in [-0.39, 0.29) is 5.97 Å². The lowest BCUT2D eigenvalue weighted by molar-refractivity contribution is -0.133. The lowest BCUT2D eigenvalue weighted by Crippen LogP contribution is -2.05. The zero-order valence-electron chi connectivity index (χ0n) is 26.9. The van der Waals surface area contributed by atoms with E-state index >= 15 is 0 Å². The Balaban J connectivity index is 0.000000337. The van der Waals surface area contributed by atoms with Crippen molar-refractivity contribution in [3.05, 3.63) is 94.6 Å². The topological polar surface area (TPSA) is 141 Å². The Hall–Kier alpha value is -5.45. The summed E-state index contributed by atoms with van der Waals surface area (Å²) in [5.41, 5.74) is 4.31. The molecule has 0 aliphatic rings. The molecule has 0 atom stereocenters. The summed E-state index contributed by atoms with van der Waals surface area (Å²) in [6.07, 6.45) is 0. The van der Waals surface area contributed by atoms with E-state index in [0.29, 0.717) is 34.1 Å². The van der Waals surface area contributed by atoms with Crippen LogP contribution in [-0.4, -0.2) is 51.2 Å². The fourth-order valence-corrected chi connectivity index (χ4v) is 3.67. The van der Waals surface area contributed by atoms with Crippen LogP contribution in [0.4, 0.5) is 0 Å². The molecule has 0 radical (unpaired) electrons. The normalized spacial score (nSPS) is 9.53. The summed E-state index contributed by atoms with van der Waals surface area (Å²) in [7, 11) is 4.20. The van der Waals surface area contributed by atoms with Gasteiger partial charge in [0.05, 0.1) is 32.5 Å². The van der Waals surface area contributed by atoms with Gasteiger partial charge in [-0.3, -0.25) is 14.4 Å². The van der Waals surface area contributed by atoms with Gasteiger partial charge in [-0.1, -0.05) is 6.58 Å². The molecule has 0 fully saturated rings. The molecule has 45 heavy (non-hydrogen) atoms. The highest BCUT2D eigenvalue weighted by atomic mass is 16.6. The van der Waals surface area contributed by atoms with Crippen LogP contribution in [-0.2, 0) is 28.6 Å². The average molecular weight is 623 g/mol. The summed E-state index contributed by atoms with van der Waals surface area (Å²) in [4.78, 5) is 54.8. The second-order valence-electron chi connectivity index (χ2n) is 9.50. The summed E-state index contributed by atoms with van der Waals surface area (Å²) in [5, 5.41) is 0. The molecule has 3 aromatic rings. The van der Waals surface area contributed by atoms with Gasteiger partial charge in [0.25, 0.3) is 0 Å². The van der Waals surface area contributed by atoms with Crippen LogP contribution in [0.15, 0.2) is 61.2 Å². The van der Waals surface area contributed by atoms with E-state index in [4.69, 9.17) is 18.9 Å². The molecule has 0 saturated carbocycles. The minimum atomic E-state index is -0.452. The van der Waals surface area contributed by atoms with Gasteiger partial charge in [-0.25, -0.2) is 9.59 Å². The van der Waals surface area contributed by atoms with Crippen molar-refractivity contribution < 1.29 is 52.4 Å². The van der Waals surface area contributed by atoms with Crippen LogP contribution in [0.3, 0.4) is 0 Å². The molecule has 0 bridgehead atoms. The smallest absolute Gasteiger partial charge is 0.337 e. The third-order valence-corrected chi connectivity index (χ3v) is 5.35. The molecular weight excluding hydrogens is 584 g/mol. The number of aryl methyl sites for hydroxylation is 3. The van der Waals surface area contributed by atoms with Crippen LogP contribution in [0.2, 0.25) is 0 Å². The van der Waals surface area contributed by atoms with E-state index in [1.807, 2.05) is 19.9 Å². The quantitative estimate of drug-likeness (QED) is 0.175. The van der Waals surface area contributed by atoms with Crippen LogP contribution < -0.4 is 14.2 Å². The second-order valence-corrected chi connectivity index (χ2v) is 9.50. The Kier molecular flexibility index (Phi) is 15.3. The molecule has 0 aromatic heterocycles. The van der Waals surface area contributed by atoms with Crippen LogP contribution in [0.25, 0.3) is 5.76 Å². The molecule has 11 nitrogen and oxygen atoms in total. The molecule has 0 heterocycles. The van der Waals surface area contributed by atoms with Gasteiger partial charge >= 0.3 is 29.8 Å². The van der Waals surface area contributed by atoms with Crippen molar-refractivity contribution in [2.45, 2.75) is 41.5 Å². The molecule has 3 aromatic carbocycles. The lowest BCUT2D eigenvalue weighted by Gasteiger charge is -2.07. The van der Waals surface area contributed by atoms with Gasteiger partial charge < -0.3 is 28.4 Å². The first-order valence-corrected chi connectivity index (χ1v) is 13.4. The van der Waals surface area contributed by atoms with Crippen molar-refractivity contribution in [1.82, 2.24) is 0 Å². The van der Waals surface area contributed by atoms with Crippen LogP contribution in [0, 0.1) is 20.8 Å². The highest BCUT2D eigenvalue weighted by molar-refractivity contribution is 5.91. The highest BCUT2D eigenvalue weighted by Crippen LogP contribution is 2.23. The maximum Gasteiger partial charge on any atom is 0.337 e. The zero-order chi connectivity index (χ0) is 34.3. The van der Waals surface area contributed by atoms with Crippen molar-refractivity contribution in [1.29, 1.82) is 0 Å². The SMILES string of the molecule is C=C(OC)c1cc(C)cc(C(=O)OC)c1.CC(=O)Oc1cc(C)cc(OC(C)=O)c1.COC(=O)c1cc(C)cc(OC(C)=O)c1. The van der Waals surface area contributed by atoms with Crippen molar-refractivity contribution in [3.8, 4) is 17.2 Å². The van der Waals surface area contributed by atoms with Crippen molar-refractivity contribution >= 4 is 35.6 Å². The number of hydrogen-bond donors (Lipinski definition) is 0. The van der Waals surface area contributed by atoms with Gasteiger partial charge in [-0.2, -0.15) is 0 Å². The molecule has 240 valence electrons. The predicted octanol–water partition coefficient (Wildman–Crippen LogP) is 5.95. The molecule has 0 N–H and O–H groups in total.